The first kappa shape index (κ1) is 30.1. The van der Waals surface area contributed by atoms with Crippen molar-refractivity contribution < 1.29 is 4.74 Å². The molecule has 0 fully saturated rings. The van der Waals surface area contributed by atoms with Crippen molar-refractivity contribution in [3.05, 3.63) is 150 Å². The van der Waals surface area contributed by atoms with Crippen molar-refractivity contribution in [3.63, 3.8) is 0 Å². The molecule has 48 heavy (non-hydrogen) atoms. The molecule has 0 amide bonds. The second-order valence-corrected chi connectivity index (χ2v) is 13.8. The lowest BCUT2D eigenvalue weighted by Gasteiger charge is -2.40. The maximum atomic E-state index is 6.88. The molecular weight excluding hydrogens is 613 g/mol. The highest BCUT2D eigenvalue weighted by atomic mass is 32.2. The summed E-state index contributed by atoms with van der Waals surface area (Å²) in [5.41, 5.74) is 11.5. The molecule has 0 spiro atoms. The molecule has 0 aliphatic carbocycles. The van der Waals surface area contributed by atoms with Crippen LogP contribution >= 0.6 is 11.8 Å². The zero-order valence-electron chi connectivity index (χ0n) is 27.1. The van der Waals surface area contributed by atoms with Crippen LogP contribution < -0.4 is 37.3 Å². The van der Waals surface area contributed by atoms with Gasteiger partial charge in [-0.1, -0.05) is 86.8 Å². The maximum Gasteiger partial charge on any atom is 0.152 e. The smallest absolute Gasteiger partial charge is 0.152 e. The Kier molecular flexibility index (Phi) is 7.01. The summed E-state index contributed by atoms with van der Waals surface area (Å²) in [4.78, 5) is 2.22. The molecule has 0 saturated heterocycles. The van der Waals surface area contributed by atoms with Crippen LogP contribution in [0.2, 0.25) is 0 Å². The van der Waals surface area contributed by atoms with Gasteiger partial charge in [0.15, 0.2) is 5.75 Å². The molecule has 3 aliphatic rings. The predicted molar refractivity (Wildman–Crippen MR) is 198 cm³/mol. The molecule has 8 rings (SSSR count). The first-order valence-electron chi connectivity index (χ1n) is 15.8. The second-order valence-electron chi connectivity index (χ2n) is 12.8. The van der Waals surface area contributed by atoms with E-state index in [0.29, 0.717) is 11.5 Å². The third-order valence-corrected chi connectivity index (χ3v) is 10.7. The van der Waals surface area contributed by atoms with Crippen LogP contribution in [0, 0.1) is 0 Å². The first-order valence-corrected chi connectivity index (χ1v) is 16.6. The summed E-state index contributed by atoms with van der Waals surface area (Å²) in [6, 6.07) is 35.3. The fraction of sp³-hybridized carbons (Fsp3) is 0.100. The molecule has 0 radical (unpaired) electrons. The van der Waals surface area contributed by atoms with Crippen molar-refractivity contribution in [1.82, 2.24) is 0 Å². The molecule has 0 aromatic heterocycles. The molecule has 238 valence electrons. The van der Waals surface area contributed by atoms with Crippen LogP contribution in [-0.2, 0) is 5.41 Å². The van der Waals surface area contributed by atoms with Crippen LogP contribution in [-0.4, -0.2) is 0 Å². The first-order chi connectivity index (χ1) is 23.2. The Bertz CT molecular complexity index is 2220. The minimum atomic E-state index is -0.229. The van der Waals surface area contributed by atoms with Gasteiger partial charge in [-0.3, -0.25) is 15.0 Å². The van der Waals surface area contributed by atoms with E-state index in [9.17, 15) is 0 Å². The zero-order chi connectivity index (χ0) is 33.3. The number of ether oxygens (including phenoxy) is 1. The summed E-state index contributed by atoms with van der Waals surface area (Å²) >= 11 is 1.71. The lowest BCUT2D eigenvalue weighted by molar-refractivity contribution is 0.411. The quantitative estimate of drug-likeness (QED) is 0.131. The van der Waals surface area contributed by atoms with Crippen molar-refractivity contribution in [2.75, 3.05) is 15.0 Å². The molecular formula is C40H36N6OS. The number of nitrogens with zero attached hydrogens (tertiary/aromatic N) is 3. The van der Waals surface area contributed by atoms with Crippen molar-refractivity contribution in [1.29, 1.82) is 0 Å². The van der Waals surface area contributed by atoms with E-state index in [4.69, 9.17) is 22.3 Å². The summed E-state index contributed by atoms with van der Waals surface area (Å²) in [6.45, 7) is 10.6. The number of hydrazine groups is 3. The van der Waals surface area contributed by atoms with Crippen molar-refractivity contribution >= 4 is 45.8 Å². The molecule has 6 N–H and O–H groups in total. The summed E-state index contributed by atoms with van der Waals surface area (Å²) in [5.74, 6) is 21.5. The van der Waals surface area contributed by atoms with Crippen LogP contribution in [0.5, 0.6) is 5.75 Å². The van der Waals surface area contributed by atoms with Crippen LogP contribution in [0.25, 0.3) is 16.7 Å². The molecule has 0 bridgehead atoms. The minimum Gasteiger partial charge on any atom is -0.458 e. The lowest BCUT2D eigenvalue weighted by atomic mass is 9.73. The summed E-state index contributed by atoms with van der Waals surface area (Å²) < 4.78 is 6.33. The Morgan fingerprint density at radius 1 is 0.688 bits per heavy atom. The number of allylic oxidation sites excluding steroid dienone is 4. The van der Waals surface area contributed by atoms with Crippen LogP contribution in [0.4, 0.5) is 28.4 Å². The topological polar surface area (TPSA) is 97.0 Å². The third kappa shape index (κ3) is 4.64. The van der Waals surface area contributed by atoms with Crippen molar-refractivity contribution in [2.24, 2.45) is 17.5 Å². The van der Waals surface area contributed by atoms with Gasteiger partial charge in [-0.25, -0.2) is 17.5 Å². The monoisotopic (exact) mass is 648 g/mol. The van der Waals surface area contributed by atoms with E-state index in [1.165, 1.54) is 5.56 Å². The van der Waals surface area contributed by atoms with Crippen molar-refractivity contribution in [2.45, 2.75) is 36.0 Å². The highest BCUT2D eigenvalue weighted by molar-refractivity contribution is 7.99. The highest BCUT2D eigenvalue weighted by Gasteiger charge is 2.35. The molecule has 3 heterocycles. The number of benzene rings is 5. The molecule has 0 unspecified atom stereocenters. The Morgan fingerprint density at radius 2 is 1.35 bits per heavy atom. The van der Waals surface area contributed by atoms with Gasteiger partial charge >= 0.3 is 0 Å². The van der Waals surface area contributed by atoms with E-state index < -0.39 is 0 Å². The fourth-order valence-corrected chi connectivity index (χ4v) is 7.99. The van der Waals surface area contributed by atoms with E-state index in [1.807, 2.05) is 49.4 Å². The van der Waals surface area contributed by atoms with Crippen LogP contribution in [0.15, 0.2) is 143 Å². The Morgan fingerprint density at radius 3 is 2.17 bits per heavy atom. The van der Waals surface area contributed by atoms with Gasteiger partial charge in [-0.05, 0) is 101 Å². The highest BCUT2D eigenvalue weighted by Crippen LogP contribution is 2.50. The number of rotatable bonds is 4. The summed E-state index contributed by atoms with van der Waals surface area (Å²) in [5, 5.41) is 5.23. The lowest BCUT2D eigenvalue weighted by Crippen LogP contribution is -2.36. The minimum absolute atomic E-state index is 0.229. The third-order valence-electron chi connectivity index (χ3n) is 9.61. The Hall–Kier alpha value is -5.25. The zero-order valence-corrected chi connectivity index (χ0v) is 27.9. The molecule has 0 atom stereocenters. The van der Waals surface area contributed by atoms with Gasteiger partial charge in [0.1, 0.15) is 11.4 Å². The van der Waals surface area contributed by atoms with E-state index >= 15 is 0 Å². The Labute approximate surface area is 285 Å². The molecule has 5 aromatic carbocycles. The van der Waals surface area contributed by atoms with Gasteiger partial charge in [-0.15, -0.1) is 0 Å². The van der Waals surface area contributed by atoms with Gasteiger partial charge < -0.3 is 4.74 Å². The van der Waals surface area contributed by atoms with Gasteiger partial charge in [-0.2, -0.15) is 0 Å². The van der Waals surface area contributed by atoms with E-state index in [1.54, 1.807) is 26.8 Å². The van der Waals surface area contributed by atoms with E-state index in [-0.39, 0.29) is 5.41 Å². The summed E-state index contributed by atoms with van der Waals surface area (Å²) in [7, 11) is 0. The number of hydrogen-bond donors (Lipinski definition) is 3. The average Bonchev–Trinajstić information content (AvgIpc) is 3.11. The number of para-hydroxylation sites is 2. The number of fused-ring (bicyclic) bond motifs is 5. The average molecular weight is 649 g/mol. The Balaban J connectivity index is 1.13. The second kappa shape index (κ2) is 11.2. The molecule has 8 heteroatoms. The molecule has 7 nitrogen and oxygen atoms in total. The normalized spacial score (nSPS) is 16.0. The number of hydrogen-bond acceptors (Lipinski definition) is 8. The molecule has 0 saturated carbocycles. The molecule has 5 aromatic rings. The van der Waals surface area contributed by atoms with Gasteiger partial charge in [0.25, 0.3) is 0 Å². The maximum absolute atomic E-state index is 6.88. The summed E-state index contributed by atoms with van der Waals surface area (Å²) in [6.07, 6.45) is 3.85. The number of anilines is 5. The fourth-order valence-electron chi connectivity index (χ4n) is 6.94. The largest absolute Gasteiger partial charge is 0.458 e. The van der Waals surface area contributed by atoms with E-state index in [0.717, 1.165) is 71.8 Å². The van der Waals surface area contributed by atoms with Gasteiger partial charge in [0.2, 0.25) is 0 Å². The molecule has 3 aliphatic heterocycles. The van der Waals surface area contributed by atoms with Crippen molar-refractivity contribution in [3.8, 4) is 16.9 Å². The van der Waals surface area contributed by atoms with E-state index in [2.05, 4.69) is 93.2 Å². The predicted octanol–water partition coefficient (Wildman–Crippen LogP) is 9.05. The van der Waals surface area contributed by atoms with Gasteiger partial charge in [0.05, 0.1) is 28.4 Å². The van der Waals surface area contributed by atoms with Crippen LogP contribution in [0.3, 0.4) is 0 Å². The van der Waals surface area contributed by atoms with Gasteiger partial charge in [0, 0.05) is 15.2 Å². The standard InChI is InChI=1S/C40H36N6OS/c1-5-25(27-16-19-39-36(23-27)45(42)33-12-8-9-13-38(33)48-39)21-34-24(2)47-37-18-15-28(22-35(37)46(34)43)26-14-17-32-30(20-26)40(3,4)29-10-6-7-11-31(29)44(32)41/h5-23H,1,41-43H2,2-4H3/b25-21+. The number of nitrogens with two attached hydrogens (primary N) is 3. The SMILES string of the molecule is C=C/C(=C\C1=C(C)Oc2ccc(-c3ccc4c(c3)C(C)(C)c3ccccc3N4N)cc2N1N)c1ccc2c(c1)N(N)c1ccccc1S2. The van der Waals surface area contributed by atoms with Crippen LogP contribution in [0.1, 0.15) is 37.5 Å².